The summed E-state index contributed by atoms with van der Waals surface area (Å²) in [6.07, 6.45) is -0.607. The zero-order valence-corrected chi connectivity index (χ0v) is 14.9. The third-order valence-electron chi connectivity index (χ3n) is 3.77. The van der Waals surface area contributed by atoms with Crippen molar-refractivity contribution in [3.8, 4) is 0 Å². The van der Waals surface area contributed by atoms with Crippen LogP contribution in [0.15, 0.2) is 24.3 Å². The molecule has 1 fully saturated rings. The highest BCUT2D eigenvalue weighted by Crippen LogP contribution is 2.22. The fraction of sp³-hybridized carbons (Fsp3) is 0.500. The highest BCUT2D eigenvalue weighted by Gasteiger charge is 2.27. The average molecular weight is 381 g/mol. The van der Waals surface area contributed by atoms with E-state index in [2.05, 4.69) is 0 Å². The Hall–Kier alpha value is -1.61. The van der Waals surface area contributed by atoms with Crippen LogP contribution in [0.4, 0.5) is 11.4 Å². The van der Waals surface area contributed by atoms with Gasteiger partial charge >= 0.3 is 0 Å². The van der Waals surface area contributed by atoms with Crippen molar-refractivity contribution < 1.29 is 14.5 Å². The van der Waals surface area contributed by atoms with Gasteiger partial charge in [0.1, 0.15) is 6.10 Å². The average Bonchev–Trinajstić information content (AvgIpc) is 2.56. The van der Waals surface area contributed by atoms with Gasteiger partial charge in [0.05, 0.1) is 4.92 Å². The molecule has 10 heteroatoms. The maximum absolute atomic E-state index is 12.2. The Morgan fingerprint density at radius 2 is 1.96 bits per heavy atom. The molecule has 0 aliphatic carbocycles. The third kappa shape index (κ3) is 5.20. The first-order chi connectivity index (χ1) is 10.6. The number of piperazine rings is 1. The minimum Gasteiger partial charge on any atom is -0.370 e. The van der Waals surface area contributed by atoms with Gasteiger partial charge in [-0.15, -0.1) is 24.8 Å². The lowest BCUT2D eigenvalue weighted by Gasteiger charge is -2.37. The van der Waals surface area contributed by atoms with Crippen molar-refractivity contribution in [2.45, 2.75) is 6.10 Å². The number of nitrogens with zero attached hydrogens (tertiary/aromatic N) is 3. The Bertz CT molecular complexity index is 549. The fourth-order valence-corrected chi connectivity index (χ4v) is 2.49. The Balaban J connectivity index is 0.00000264. The molecular formula is C14H22Cl2N4O4. The van der Waals surface area contributed by atoms with Crippen LogP contribution in [0.1, 0.15) is 0 Å². The first-order valence-corrected chi connectivity index (χ1v) is 7.08. The quantitative estimate of drug-likeness (QED) is 0.605. The zero-order valence-electron chi connectivity index (χ0n) is 13.3. The number of rotatable bonds is 5. The van der Waals surface area contributed by atoms with Crippen LogP contribution >= 0.6 is 24.8 Å². The second-order valence-electron chi connectivity index (χ2n) is 5.05. The van der Waals surface area contributed by atoms with Gasteiger partial charge < -0.3 is 20.3 Å². The van der Waals surface area contributed by atoms with E-state index in [1.165, 1.54) is 13.2 Å². The first-order valence-electron chi connectivity index (χ1n) is 7.08. The number of non-ortho nitro benzene ring substituents is 1. The molecule has 8 nitrogen and oxygen atoms in total. The number of halogens is 2. The van der Waals surface area contributed by atoms with E-state index in [9.17, 15) is 14.9 Å². The van der Waals surface area contributed by atoms with Crippen molar-refractivity contribution in [2.75, 3.05) is 44.7 Å². The summed E-state index contributed by atoms with van der Waals surface area (Å²) in [4.78, 5) is 26.3. The van der Waals surface area contributed by atoms with Crippen LogP contribution in [0.5, 0.6) is 0 Å². The molecule has 1 aromatic rings. The SMILES string of the molecule is COC(CN)C(=O)N1CCN(c2cccc([N+](=O)[O-])c2)CC1.Cl.Cl. The van der Waals surface area contributed by atoms with Crippen LogP contribution in [0, 0.1) is 10.1 Å². The molecule has 1 heterocycles. The predicted octanol–water partition coefficient (Wildman–Crippen LogP) is 1.06. The van der Waals surface area contributed by atoms with Gasteiger partial charge in [-0.3, -0.25) is 14.9 Å². The van der Waals surface area contributed by atoms with Gasteiger partial charge in [-0.05, 0) is 6.07 Å². The number of carbonyl (C=O) groups is 1. The number of nitrogens with two attached hydrogens (primary N) is 1. The summed E-state index contributed by atoms with van der Waals surface area (Å²) in [6, 6.07) is 6.52. The summed E-state index contributed by atoms with van der Waals surface area (Å²) in [5, 5.41) is 10.8. The Kier molecular flexibility index (Phi) is 9.60. The monoisotopic (exact) mass is 380 g/mol. The highest BCUT2D eigenvalue weighted by atomic mass is 35.5. The fourth-order valence-electron chi connectivity index (χ4n) is 2.49. The van der Waals surface area contributed by atoms with Crippen LogP contribution in [0.3, 0.4) is 0 Å². The van der Waals surface area contributed by atoms with Gasteiger partial charge in [0, 0.05) is 57.7 Å². The first kappa shape index (κ1) is 22.4. The van der Waals surface area contributed by atoms with Gasteiger partial charge in [0.2, 0.25) is 0 Å². The lowest BCUT2D eigenvalue weighted by atomic mass is 10.2. The number of nitro groups is 1. The molecule has 2 N–H and O–H groups in total. The molecule has 0 bridgehead atoms. The summed E-state index contributed by atoms with van der Waals surface area (Å²) in [5.74, 6) is -0.108. The van der Waals surface area contributed by atoms with Gasteiger partial charge in [0.15, 0.2) is 0 Å². The summed E-state index contributed by atoms with van der Waals surface area (Å²) in [6.45, 7) is 2.48. The molecule has 1 aliphatic heterocycles. The Morgan fingerprint density at radius 1 is 1.33 bits per heavy atom. The van der Waals surface area contributed by atoms with Crippen molar-refractivity contribution in [2.24, 2.45) is 5.73 Å². The maximum Gasteiger partial charge on any atom is 0.271 e. The van der Waals surface area contributed by atoms with Crippen molar-refractivity contribution in [1.82, 2.24) is 4.90 Å². The molecule has 1 aliphatic rings. The number of carbonyl (C=O) groups excluding carboxylic acids is 1. The van der Waals surface area contributed by atoms with E-state index in [0.717, 1.165) is 5.69 Å². The topological polar surface area (TPSA) is 102 Å². The Morgan fingerprint density at radius 3 is 2.46 bits per heavy atom. The molecular weight excluding hydrogens is 359 g/mol. The van der Waals surface area contributed by atoms with Crippen LogP contribution in [0.25, 0.3) is 0 Å². The van der Waals surface area contributed by atoms with Crippen molar-refractivity contribution in [3.05, 3.63) is 34.4 Å². The van der Waals surface area contributed by atoms with Crippen LogP contribution in [0.2, 0.25) is 0 Å². The third-order valence-corrected chi connectivity index (χ3v) is 3.77. The molecule has 0 saturated carbocycles. The van der Waals surface area contributed by atoms with Crippen molar-refractivity contribution in [3.63, 3.8) is 0 Å². The van der Waals surface area contributed by atoms with E-state index in [1.807, 2.05) is 11.0 Å². The van der Waals surface area contributed by atoms with E-state index < -0.39 is 11.0 Å². The van der Waals surface area contributed by atoms with E-state index in [4.69, 9.17) is 10.5 Å². The number of nitro benzene ring substituents is 1. The highest BCUT2D eigenvalue weighted by molar-refractivity contribution is 5.85. The molecule has 136 valence electrons. The number of methoxy groups -OCH3 is 1. The van der Waals surface area contributed by atoms with Gasteiger partial charge in [-0.25, -0.2) is 0 Å². The largest absolute Gasteiger partial charge is 0.370 e. The van der Waals surface area contributed by atoms with Crippen molar-refractivity contribution >= 4 is 42.1 Å². The lowest BCUT2D eigenvalue weighted by Crippen LogP contribution is -2.53. The molecule has 1 unspecified atom stereocenters. The summed E-state index contributed by atoms with van der Waals surface area (Å²) in [7, 11) is 1.47. The minimum atomic E-state index is -0.607. The molecule has 0 aromatic heterocycles. The minimum absolute atomic E-state index is 0. The number of amides is 1. The van der Waals surface area contributed by atoms with E-state index in [-0.39, 0.29) is 43.0 Å². The van der Waals surface area contributed by atoms with Crippen LogP contribution < -0.4 is 10.6 Å². The molecule has 1 atom stereocenters. The summed E-state index contributed by atoms with van der Waals surface area (Å²) >= 11 is 0. The molecule has 1 aromatic carbocycles. The number of hydrogen-bond donors (Lipinski definition) is 1. The van der Waals surface area contributed by atoms with Crippen molar-refractivity contribution in [1.29, 1.82) is 0 Å². The van der Waals surface area contributed by atoms with E-state index in [0.29, 0.717) is 26.2 Å². The molecule has 1 saturated heterocycles. The number of hydrogen-bond acceptors (Lipinski definition) is 6. The van der Waals surface area contributed by atoms with Crippen LogP contribution in [-0.2, 0) is 9.53 Å². The van der Waals surface area contributed by atoms with Gasteiger partial charge in [0.25, 0.3) is 11.6 Å². The van der Waals surface area contributed by atoms with Gasteiger partial charge in [-0.2, -0.15) is 0 Å². The van der Waals surface area contributed by atoms with E-state index in [1.54, 1.807) is 17.0 Å². The number of benzene rings is 1. The molecule has 1 amide bonds. The predicted molar refractivity (Wildman–Crippen MR) is 96.2 cm³/mol. The standard InChI is InChI=1S/C14H20N4O4.2ClH/c1-22-13(10-15)14(19)17-7-5-16(6-8-17)11-3-2-4-12(9-11)18(20)21;;/h2-4,9,13H,5-8,10,15H2,1H3;2*1H. The maximum atomic E-state index is 12.2. The molecule has 24 heavy (non-hydrogen) atoms. The summed E-state index contributed by atoms with van der Waals surface area (Å²) in [5.41, 5.74) is 6.37. The Labute approximate surface area is 152 Å². The van der Waals surface area contributed by atoms with Gasteiger partial charge in [-0.1, -0.05) is 6.07 Å². The van der Waals surface area contributed by atoms with Crippen LogP contribution in [-0.4, -0.2) is 61.7 Å². The number of anilines is 1. The second kappa shape index (κ2) is 10.3. The normalized spacial score (nSPS) is 15.1. The molecule has 0 radical (unpaired) electrons. The molecule has 0 spiro atoms. The lowest BCUT2D eigenvalue weighted by molar-refractivity contribution is -0.384. The summed E-state index contributed by atoms with van der Waals surface area (Å²) < 4.78 is 5.06. The number of ether oxygens (including phenoxy) is 1. The second-order valence-corrected chi connectivity index (χ2v) is 5.05. The van der Waals surface area contributed by atoms with E-state index >= 15 is 0 Å². The molecule has 2 rings (SSSR count). The zero-order chi connectivity index (χ0) is 16.1. The smallest absolute Gasteiger partial charge is 0.271 e.